The van der Waals surface area contributed by atoms with Crippen LogP contribution in [0.25, 0.3) is 16.7 Å². The number of para-hydroxylation sites is 1. The van der Waals surface area contributed by atoms with Crippen molar-refractivity contribution in [3.05, 3.63) is 64.9 Å². The zero-order valence-corrected chi connectivity index (χ0v) is 18.6. The Morgan fingerprint density at radius 3 is 2.50 bits per heavy atom. The number of benzene rings is 2. The molecular formula is C25H26N2O5. The summed E-state index contributed by atoms with van der Waals surface area (Å²) >= 11 is 0. The van der Waals surface area contributed by atoms with Crippen LogP contribution in [-0.2, 0) is 9.59 Å². The number of carbonyl (C=O) groups excluding carboxylic acids is 2. The Balaban J connectivity index is 1.97. The average Bonchev–Trinajstić information content (AvgIpc) is 3.26. The van der Waals surface area contributed by atoms with Gasteiger partial charge < -0.3 is 24.5 Å². The Kier molecular flexibility index (Phi) is 5.65. The van der Waals surface area contributed by atoms with Crippen LogP contribution in [0.5, 0.6) is 11.5 Å². The maximum absolute atomic E-state index is 13.2. The van der Waals surface area contributed by atoms with Gasteiger partial charge in [0.15, 0.2) is 11.5 Å². The highest BCUT2D eigenvalue weighted by atomic mass is 16.5. The van der Waals surface area contributed by atoms with Crippen molar-refractivity contribution in [2.24, 2.45) is 0 Å². The summed E-state index contributed by atoms with van der Waals surface area (Å²) in [7, 11) is 3.02. The largest absolute Gasteiger partial charge is 0.507 e. The number of aliphatic hydroxyl groups excluding tert-OH is 1. The Bertz CT molecular complexity index is 1240. The Labute approximate surface area is 186 Å². The minimum absolute atomic E-state index is 0.0727. The fraction of sp³-hybridized carbons (Fsp3) is 0.280. The predicted octanol–water partition coefficient (Wildman–Crippen LogP) is 4.33. The van der Waals surface area contributed by atoms with Crippen molar-refractivity contribution >= 4 is 28.4 Å². The van der Waals surface area contributed by atoms with E-state index >= 15 is 0 Å². The van der Waals surface area contributed by atoms with Gasteiger partial charge >= 0.3 is 0 Å². The second-order valence-corrected chi connectivity index (χ2v) is 7.77. The molecular weight excluding hydrogens is 408 g/mol. The third-order valence-corrected chi connectivity index (χ3v) is 5.88. The molecule has 1 aliphatic rings. The molecule has 1 atom stereocenters. The molecule has 0 saturated carbocycles. The molecule has 1 aromatic heterocycles. The lowest BCUT2D eigenvalue weighted by Gasteiger charge is -2.25. The zero-order valence-electron chi connectivity index (χ0n) is 18.6. The first-order valence-corrected chi connectivity index (χ1v) is 10.5. The first-order chi connectivity index (χ1) is 15.4. The fourth-order valence-electron chi connectivity index (χ4n) is 4.44. The van der Waals surface area contributed by atoms with E-state index in [9.17, 15) is 14.7 Å². The summed E-state index contributed by atoms with van der Waals surface area (Å²) in [5.74, 6) is -0.625. The molecule has 0 spiro atoms. The van der Waals surface area contributed by atoms with Gasteiger partial charge in [-0.15, -0.1) is 0 Å². The number of amides is 1. The zero-order chi connectivity index (χ0) is 23.0. The second kappa shape index (κ2) is 8.42. The molecule has 7 heteroatoms. The summed E-state index contributed by atoms with van der Waals surface area (Å²) in [4.78, 5) is 31.0. The molecule has 7 nitrogen and oxygen atoms in total. The van der Waals surface area contributed by atoms with Crippen LogP contribution in [-0.4, -0.2) is 47.4 Å². The van der Waals surface area contributed by atoms with Crippen molar-refractivity contribution in [3.8, 4) is 11.5 Å². The van der Waals surface area contributed by atoms with Crippen molar-refractivity contribution in [1.29, 1.82) is 0 Å². The van der Waals surface area contributed by atoms with Gasteiger partial charge in [0.2, 0.25) is 0 Å². The van der Waals surface area contributed by atoms with E-state index in [4.69, 9.17) is 9.47 Å². The van der Waals surface area contributed by atoms with Gasteiger partial charge in [-0.3, -0.25) is 9.59 Å². The molecule has 1 saturated heterocycles. The van der Waals surface area contributed by atoms with E-state index < -0.39 is 17.7 Å². The number of aryl methyl sites for hydroxylation is 1. The molecule has 4 rings (SSSR count). The lowest BCUT2D eigenvalue weighted by molar-refractivity contribution is -0.139. The van der Waals surface area contributed by atoms with Crippen LogP contribution in [0.2, 0.25) is 0 Å². The van der Waals surface area contributed by atoms with Crippen molar-refractivity contribution in [2.75, 3.05) is 20.8 Å². The summed E-state index contributed by atoms with van der Waals surface area (Å²) in [6, 6.07) is 11.9. The van der Waals surface area contributed by atoms with E-state index in [-0.39, 0.29) is 11.3 Å². The van der Waals surface area contributed by atoms with Crippen molar-refractivity contribution < 1.29 is 24.2 Å². The van der Waals surface area contributed by atoms with Gasteiger partial charge in [-0.2, -0.15) is 0 Å². The number of ketones is 1. The first kappa shape index (κ1) is 21.5. The number of aliphatic hydroxyl groups is 1. The molecule has 1 unspecified atom stereocenters. The predicted molar refractivity (Wildman–Crippen MR) is 122 cm³/mol. The average molecular weight is 434 g/mol. The van der Waals surface area contributed by atoms with Gasteiger partial charge in [-0.1, -0.05) is 25.1 Å². The maximum atomic E-state index is 13.2. The third kappa shape index (κ3) is 3.30. The smallest absolute Gasteiger partial charge is 0.295 e. The number of aromatic amines is 1. The minimum atomic E-state index is -0.695. The number of nitrogens with zero attached hydrogens (tertiary/aromatic N) is 1. The third-order valence-electron chi connectivity index (χ3n) is 5.88. The highest BCUT2D eigenvalue weighted by Crippen LogP contribution is 2.44. The van der Waals surface area contributed by atoms with E-state index in [0.29, 0.717) is 30.0 Å². The highest BCUT2D eigenvalue weighted by molar-refractivity contribution is 6.46. The van der Waals surface area contributed by atoms with E-state index in [0.717, 1.165) is 22.2 Å². The molecule has 32 heavy (non-hydrogen) atoms. The molecule has 166 valence electrons. The molecule has 2 heterocycles. The van der Waals surface area contributed by atoms with Crippen molar-refractivity contribution in [3.63, 3.8) is 0 Å². The number of H-pyrrole nitrogens is 1. The topological polar surface area (TPSA) is 91.9 Å². The lowest BCUT2D eigenvalue weighted by atomic mass is 9.93. The monoisotopic (exact) mass is 434 g/mol. The number of hydrogen-bond acceptors (Lipinski definition) is 5. The number of methoxy groups -OCH3 is 2. The lowest BCUT2D eigenvalue weighted by Crippen LogP contribution is -2.30. The SMILES string of the molecule is CCCN1C(=O)C(=O)/C(=C(/O)c2ccc(OC)c(OC)c2)C1c1c(C)[nH]c2ccccc12. The Morgan fingerprint density at radius 1 is 1.09 bits per heavy atom. The standard InChI is InChI=1S/C25H26N2O5/c1-5-12-27-22(20-14(2)26-17-9-7-6-8-16(17)20)21(24(29)25(27)30)23(28)15-10-11-18(31-3)19(13-15)32-4/h6-11,13,22,26,28H,5,12H2,1-4H3/b23-21+. The summed E-state index contributed by atoms with van der Waals surface area (Å²) in [6.45, 7) is 4.27. The summed E-state index contributed by atoms with van der Waals surface area (Å²) in [5, 5.41) is 12.2. The molecule has 1 amide bonds. The minimum Gasteiger partial charge on any atom is -0.507 e. The number of ether oxygens (including phenoxy) is 2. The van der Waals surface area contributed by atoms with Crippen LogP contribution in [0.1, 0.15) is 36.2 Å². The molecule has 0 aliphatic carbocycles. The molecule has 1 fully saturated rings. The molecule has 0 radical (unpaired) electrons. The van der Waals surface area contributed by atoms with Crippen LogP contribution in [0, 0.1) is 6.92 Å². The molecule has 2 N–H and O–H groups in total. The van der Waals surface area contributed by atoms with E-state index in [2.05, 4.69) is 4.98 Å². The number of hydrogen-bond donors (Lipinski definition) is 2. The van der Waals surface area contributed by atoms with Crippen LogP contribution in [0.4, 0.5) is 0 Å². The highest BCUT2D eigenvalue weighted by Gasteiger charge is 2.47. The Hall–Kier alpha value is -3.74. The van der Waals surface area contributed by atoms with Gasteiger partial charge in [0.1, 0.15) is 5.76 Å². The molecule has 3 aromatic rings. The number of Topliss-reactive ketones (excluding diaryl/α,β-unsaturated/α-hetero) is 1. The number of nitrogens with one attached hydrogen (secondary N) is 1. The number of rotatable bonds is 6. The van der Waals surface area contributed by atoms with Gasteiger partial charge in [0.25, 0.3) is 11.7 Å². The normalized spacial score (nSPS) is 17.9. The van der Waals surface area contributed by atoms with Gasteiger partial charge in [-0.25, -0.2) is 0 Å². The van der Waals surface area contributed by atoms with E-state index in [1.165, 1.54) is 14.2 Å². The fourth-order valence-corrected chi connectivity index (χ4v) is 4.44. The van der Waals surface area contributed by atoms with Crippen molar-refractivity contribution in [1.82, 2.24) is 9.88 Å². The van der Waals surface area contributed by atoms with E-state index in [1.54, 1.807) is 23.1 Å². The second-order valence-electron chi connectivity index (χ2n) is 7.77. The summed E-state index contributed by atoms with van der Waals surface area (Å²) in [6.07, 6.45) is 0.682. The number of carbonyl (C=O) groups is 2. The van der Waals surface area contributed by atoms with Crippen LogP contribution in [0.3, 0.4) is 0 Å². The number of likely N-dealkylation sites (tertiary alicyclic amines) is 1. The number of fused-ring (bicyclic) bond motifs is 1. The molecule has 2 aromatic carbocycles. The quantitative estimate of drug-likeness (QED) is 0.342. The first-order valence-electron chi connectivity index (χ1n) is 10.5. The number of aromatic nitrogens is 1. The maximum Gasteiger partial charge on any atom is 0.295 e. The van der Waals surface area contributed by atoms with Crippen LogP contribution < -0.4 is 9.47 Å². The molecule has 1 aliphatic heterocycles. The van der Waals surface area contributed by atoms with E-state index in [1.807, 2.05) is 38.1 Å². The molecule has 0 bridgehead atoms. The summed E-state index contributed by atoms with van der Waals surface area (Å²) in [5.41, 5.74) is 3.02. The van der Waals surface area contributed by atoms with Crippen LogP contribution >= 0.6 is 0 Å². The van der Waals surface area contributed by atoms with Crippen molar-refractivity contribution in [2.45, 2.75) is 26.3 Å². The van der Waals surface area contributed by atoms with Gasteiger partial charge in [0.05, 0.1) is 25.8 Å². The van der Waals surface area contributed by atoms with Gasteiger partial charge in [-0.05, 0) is 37.6 Å². The Morgan fingerprint density at radius 2 is 1.81 bits per heavy atom. The van der Waals surface area contributed by atoms with Gasteiger partial charge in [0, 0.05) is 34.3 Å². The van der Waals surface area contributed by atoms with Crippen LogP contribution in [0.15, 0.2) is 48.0 Å². The summed E-state index contributed by atoms with van der Waals surface area (Å²) < 4.78 is 10.6.